The second kappa shape index (κ2) is 26.9. The van der Waals surface area contributed by atoms with Gasteiger partial charge in [0.15, 0.2) is 0 Å². The number of rotatable bonds is 23. The minimum atomic E-state index is -1.20. The van der Waals surface area contributed by atoms with Crippen LogP contribution in [0.1, 0.15) is 79.4 Å². The van der Waals surface area contributed by atoms with E-state index in [9.17, 15) is 47.9 Å². The molecule has 8 N–H and O–H groups in total. The van der Waals surface area contributed by atoms with Crippen LogP contribution in [0.3, 0.4) is 0 Å². The number of hydrogen-bond acceptors (Lipinski definition) is 12. The lowest BCUT2D eigenvalue weighted by molar-refractivity contribution is -0.145. The molecule has 0 saturated carbocycles. The van der Waals surface area contributed by atoms with E-state index in [1.165, 1.54) is 11.8 Å². The van der Waals surface area contributed by atoms with E-state index >= 15 is 0 Å². The number of esters is 1. The summed E-state index contributed by atoms with van der Waals surface area (Å²) in [6, 6.07) is 12.4. The first kappa shape index (κ1) is 55.3. The highest BCUT2D eigenvalue weighted by Gasteiger charge is 2.39. The number of nitrogens with zero attached hydrogens (tertiary/aromatic N) is 1. The van der Waals surface area contributed by atoms with Crippen LogP contribution in [0, 0.1) is 11.8 Å². The van der Waals surface area contributed by atoms with E-state index in [1.807, 2.05) is 6.07 Å². The minimum Gasteiger partial charge on any atom is -0.460 e. The molecule has 1 aliphatic rings. The van der Waals surface area contributed by atoms with Crippen molar-refractivity contribution < 1.29 is 57.4 Å². The van der Waals surface area contributed by atoms with Crippen molar-refractivity contribution >= 4 is 59.3 Å². The number of benzene rings is 2. The van der Waals surface area contributed by atoms with Gasteiger partial charge < -0.3 is 56.9 Å². The Morgan fingerprint density at radius 3 is 1.71 bits per heavy atom. The molecule has 21 nitrogen and oxygen atoms in total. The summed E-state index contributed by atoms with van der Waals surface area (Å²) in [6.45, 7) is 11.4. The molecular formula is C47H67N9O12. The molecule has 372 valence electrons. The fourth-order valence-corrected chi connectivity index (χ4v) is 6.79. The van der Waals surface area contributed by atoms with Crippen LogP contribution in [0.4, 0.5) is 4.79 Å². The Morgan fingerprint density at radius 1 is 0.618 bits per heavy atom. The van der Waals surface area contributed by atoms with E-state index in [0.29, 0.717) is 12.0 Å². The van der Waals surface area contributed by atoms with Gasteiger partial charge in [-0.25, -0.2) is 4.79 Å². The first-order valence-electron chi connectivity index (χ1n) is 22.6. The van der Waals surface area contributed by atoms with E-state index in [4.69, 9.17) is 9.47 Å². The van der Waals surface area contributed by atoms with Crippen LogP contribution in [0.15, 0.2) is 60.7 Å². The molecule has 1 aliphatic heterocycles. The summed E-state index contributed by atoms with van der Waals surface area (Å²) in [5.41, 5.74) is 0.669. The zero-order valence-corrected chi connectivity index (χ0v) is 40.0. The van der Waals surface area contributed by atoms with Gasteiger partial charge in [0.05, 0.1) is 19.6 Å². The molecule has 3 rings (SSSR count). The van der Waals surface area contributed by atoms with Gasteiger partial charge in [-0.15, -0.1) is 0 Å². The smallest absolute Gasteiger partial charge is 0.408 e. The number of hydrogen-bond donors (Lipinski definition) is 8. The first-order valence-corrected chi connectivity index (χ1v) is 22.6. The van der Waals surface area contributed by atoms with Gasteiger partial charge in [-0.2, -0.15) is 0 Å². The highest BCUT2D eigenvalue weighted by atomic mass is 16.6. The number of amides is 9. The van der Waals surface area contributed by atoms with Crippen molar-refractivity contribution in [2.75, 3.05) is 32.7 Å². The summed E-state index contributed by atoms with van der Waals surface area (Å²) >= 11 is 0. The summed E-state index contributed by atoms with van der Waals surface area (Å²) < 4.78 is 10.3. The van der Waals surface area contributed by atoms with Crippen LogP contribution >= 0.6 is 0 Å². The molecule has 5 atom stereocenters. The third-order valence-electron chi connectivity index (χ3n) is 10.3. The van der Waals surface area contributed by atoms with Crippen molar-refractivity contribution in [3.05, 3.63) is 71.8 Å². The highest BCUT2D eigenvalue weighted by molar-refractivity contribution is 5.96. The van der Waals surface area contributed by atoms with E-state index in [2.05, 4.69) is 42.5 Å². The van der Waals surface area contributed by atoms with Gasteiger partial charge in [-0.05, 0) is 63.5 Å². The van der Waals surface area contributed by atoms with E-state index in [1.54, 1.807) is 103 Å². The summed E-state index contributed by atoms with van der Waals surface area (Å²) in [4.78, 5) is 131. The van der Waals surface area contributed by atoms with Crippen molar-refractivity contribution in [3.63, 3.8) is 0 Å². The van der Waals surface area contributed by atoms with Crippen LogP contribution in [-0.4, -0.2) is 133 Å². The van der Waals surface area contributed by atoms with Crippen LogP contribution in [0.5, 0.6) is 0 Å². The number of likely N-dealkylation sites (tertiary alicyclic amines) is 1. The van der Waals surface area contributed by atoms with Gasteiger partial charge in [-0.1, -0.05) is 88.4 Å². The molecule has 68 heavy (non-hydrogen) atoms. The predicted molar refractivity (Wildman–Crippen MR) is 247 cm³/mol. The van der Waals surface area contributed by atoms with Crippen LogP contribution in [0.2, 0.25) is 0 Å². The Bertz CT molecular complexity index is 2080. The van der Waals surface area contributed by atoms with Gasteiger partial charge >= 0.3 is 12.1 Å². The zero-order valence-electron chi connectivity index (χ0n) is 40.0. The molecule has 9 amide bonds. The predicted octanol–water partition coefficient (Wildman–Crippen LogP) is 0.108. The Balaban J connectivity index is 1.54. The molecular weight excluding hydrogens is 883 g/mol. The molecule has 0 bridgehead atoms. The van der Waals surface area contributed by atoms with Crippen molar-refractivity contribution in [2.24, 2.45) is 11.8 Å². The second-order valence-corrected chi connectivity index (χ2v) is 18.0. The number of alkyl carbamates (subject to hydrolysis) is 1. The molecule has 0 aliphatic carbocycles. The summed E-state index contributed by atoms with van der Waals surface area (Å²) in [6.07, 6.45) is -0.0515. The second-order valence-electron chi connectivity index (χ2n) is 18.0. The maximum Gasteiger partial charge on any atom is 0.408 e. The van der Waals surface area contributed by atoms with Gasteiger partial charge in [0.1, 0.15) is 49.0 Å². The maximum absolute atomic E-state index is 13.8. The van der Waals surface area contributed by atoms with Gasteiger partial charge in [-0.3, -0.25) is 43.2 Å². The fraction of sp³-hybridized carbons (Fsp3) is 0.532. The molecule has 0 spiro atoms. The van der Waals surface area contributed by atoms with E-state index in [-0.39, 0.29) is 26.0 Å². The number of nitrogens with one attached hydrogen (secondary N) is 8. The minimum absolute atomic E-state index is 0.0181. The standard InChI is InChI=1S/C47H67N9O12/c1-28(2)39(44(64)51-26-38(60)67-27-32-18-13-10-14-19-32)54-36(58)25-49-42(62)33(22-31-16-11-9-12-17-31)53-35(57)23-50-43(63)34-20-15-21-56(34)45(65)40(29(3)4)55-37(59)24-48-41(61)30(5)52-46(66)68-47(6,7)8/h9-14,16-19,28-30,33-34,39-40H,15,20-27H2,1-8H3,(H,48,61)(H,49,62)(H,50,63)(H,51,64)(H,52,66)(H,53,57)(H,54,58)(H,55,59)/t30-,33-,34-,39-,40-/m0/s1. The van der Waals surface area contributed by atoms with Crippen molar-refractivity contribution in [3.8, 4) is 0 Å². The molecule has 1 saturated heterocycles. The van der Waals surface area contributed by atoms with E-state index < -0.39 is 133 Å². The summed E-state index contributed by atoms with van der Waals surface area (Å²) in [5.74, 6) is -6.82. The van der Waals surface area contributed by atoms with Crippen molar-refractivity contribution in [2.45, 2.75) is 117 Å². The first-order chi connectivity index (χ1) is 32.0. The molecule has 1 heterocycles. The third kappa shape index (κ3) is 19.4. The monoisotopic (exact) mass is 949 g/mol. The van der Waals surface area contributed by atoms with Gasteiger partial charge in [0.2, 0.25) is 47.3 Å². The van der Waals surface area contributed by atoms with E-state index in [0.717, 1.165) is 5.56 Å². The number of carbonyl (C=O) groups is 10. The summed E-state index contributed by atoms with van der Waals surface area (Å²) in [7, 11) is 0. The lowest BCUT2D eigenvalue weighted by Crippen LogP contribution is -2.57. The van der Waals surface area contributed by atoms with Crippen LogP contribution in [-0.2, 0) is 65.7 Å². The molecule has 0 aromatic heterocycles. The fourth-order valence-electron chi connectivity index (χ4n) is 6.79. The number of carbonyl (C=O) groups excluding carboxylic acids is 10. The van der Waals surface area contributed by atoms with Crippen LogP contribution < -0.4 is 42.5 Å². The lowest BCUT2D eigenvalue weighted by atomic mass is 10.0. The third-order valence-corrected chi connectivity index (χ3v) is 10.3. The quantitative estimate of drug-likeness (QED) is 0.0690. The largest absolute Gasteiger partial charge is 0.460 e. The van der Waals surface area contributed by atoms with Gasteiger partial charge in [0, 0.05) is 13.0 Å². The molecule has 0 unspecified atom stereocenters. The normalized spacial score (nSPS) is 15.1. The molecule has 21 heteroatoms. The van der Waals surface area contributed by atoms with Crippen molar-refractivity contribution in [1.29, 1.82) is 0 Å². The Hall–Kier alpha value is -7.06. The Labute approximate surface area is 396 Å². The Kier molecular flexibility index (Phi) is 21.9. The van der Waals surface area contributed by atoms with Crippen molar-refractivity contribution in [1.82, 2.24) is 47.4 Å². The lowest BCUT2D eigenvalue weighted by Gasteiger charge is -2.30. The molecule has 1 fully saturated rings. The van der Waals surface area contributed by atoms with Crippen LogP contribution in [0.25, 0.3) is 0 Å². The molecule has 2 aromatic carbocycles. The highest BCUT2D eigenvalue weighted by Crippen LogP contribution is 2.20. The molecule has 0 radical (unpaired) electrons. The SMILES string of the molecule is CC(C)[C@H](NC(=O)CNC(=O)[C@H](Cc1ccccc1)NC(=O)CNC(=O)[C@@H]1CCCN1C(=O)[C@@H](NC(=O)CNC(=O)[C@H](C)NC(=O)OC(C)(C)C)C(C)C)C(=O)NCC(=O)OCc1ccccc1. The zero-order chi connectivity index (χ0) is 50.6. The average Bonchev–Trinajstić information content (AvgIpc) is 3.78. The average molecular weight is 950 g/mol. The maximum atomic E-state index is 13.8. The topological polar surface area (TPSA) is 289 Å². The van der Waals surface area contributed by atoms with Gasteiger partial charge in [0.25, 0.3) is 0 Å². The number of ether oxygens (including phenoxy) is 2. The molecule has 2 aromatic rings. The summed E-state index contributed by atoms with van der Waals surface area (Å²) in [5, 5.41) is 20.1. The Morgan fingerprint density at radius 2 is 1.13 bits per heavy atom.